The lowest BCUT2D eigenvalue weighted by Gasteiger charge is -2.13. The molecule has 1 saturated carbocycles. The Morgan fingerprint density at radius 1 is 1.45 bits per heavy atom. The fraction of sp³-hybridized carbons (Fsp3) is 0.769. The van der Waals surface area contributed by atoms with Crippen molar-refractivity contribution in [3.8, 4) is 0 Å². The van der Waals surface area contributed by atoms with Gasteiger partial charge in [0.2, 0.25) is 0 Å². The molecule has 6 nitrogen and oxygen atoms in total. The van der Waals surface area contributed by atoms with Gasteiger partial charge in [0.15, 0.2) is 5.03 Å². The monoisotopic (exact) mass is 300 g/mol. The summed E-state index contributed by atoms with van der Waals surface area (Å²) in [5, 5.41) is 9.88. The molecule has 1 fully saturated rings. The van der Waals surface area contributed by atoms with E-state index in [0.29, 0.717) is 18.0 Å². The Labute approximate surface area is 120 Å². The smallest absolute Gasteiger partial charge is 0.258 e. The molecule has 2 unspecified atom stereocenters. The maximum atomic E-state index is 12.4. The van der Waals surface area contributed by atoms with E-state index in [4.69, 9.17) is 0 Å². The van der Waals surface area contributed by atoms with E-state index in [-0.39, 0.29) is 11.1 Å². The van der Waals surface area contributed by atoms with Gasteiger partial charge in [-0.1, -0.05) is 13.8 Å². The number of aromatic nitrogens is 2. The van der Waals surface area contributed by atoms with E-state index >= 15 is 0 Å². The summed E-state index contributed by atoms with van der Waals surface area (Å²) in [6.07, 6.45) is 5.50. The van der Waals surface area contributed by atoms with Crippen molar-refractivity contribution in [3.05, 3.63) is 11.8 Å². The van der Waals surface area contributed by atoms with Gasteiger partial charge >= 0.3 is 0 Å². The summed E-state index contributed by atoms with van der Waals surface area (Å²) >= 11 is 0. The number of nitrogens with zero attached hydrogens (tertiary/aromatic N) is 1. The minimum atomic E-state index is -3.50. The highest BCUT2D eigenvalue weighted by Gasteiger charge is 2.28. The molecule has 114 valence electrons. The average molecular weight is 300 g/mol. The molecule has 0 radical (unpaired) electrons. The predicted octanol–water partition coefficient (Wildman–Crippen LogP) is 1.38. The molecule has 0 spiro atoms. The Morgan fingerprint density at radius 2 is 2.25 bits per heavy atom. The number of aromatic amines is 1. The molecule has 1 aromatic rings. The molecular weight excluding hydrogens is 276 g/mol. The highest BCUT2D eigenvalue weighted by molar-refractivity contribution is 7.89. The quantitative estimate of drug-likeness (QED) is 0.664. The van der Waals surface area contributed by atoms with Gasteiger partial charge in [0.1, 0.15) is 0 Å². The highest BCUT2D eigenvalue weighted by atomic mass is 32.2. The molecule has 1 heterocycles. The van der Waals surface area contributed by atoms with Gasteiger partial charge in [-0.2, -0.15) is 5.10 Å². The van der Waals surface area contributed by atoms with E-state index in [2.05, 4.69) is 34.1 Å². The zero-order valence-electron chi connectivity index (χ0n) is 12.1. The fourth-order valence-electron chi connectivity index (χ4n) is 2.65. The maximum absolute atomic E-state index is 12.4. The van der Waals surface area contributed by atoms with E-state index in [1.54, 1.807) is 6.20 Å². The van der Waals surface area contributed by atoms with Gasteiger partial charge in [0.25, 0.3) is 10.0 Å². The Bertz CT molecular complexity index is 526. The Hall–Kier alpha value is -0.920. The van der Waals surface area contributed by atoms with Crippen LogP contribution in [-0.2, 0) is 16.6 Å². The molecule has 0 aromatic carbocycles. The molecule has 1 aromatic heterocycles. The van der Waals surface area contributed by atoms with Gasteiger partial charge < -0.3 is 5.32 Å². The minimum absolute atomic E-state index is 0.0507. The average Bonchev–Trinajstić information content (AvgIpc) is 2.99. The lowest BCUT2D eigenvalue weighted by molar-refractivity contribution is 0.534. The number of sulfonamides is 1. The number of rotatable bonds is 7. The van der Waals surface area contributed by atoms with E-state index in [0.717, 1.165) is 32.2 Å². The molecule has 20 heavy (non-hydrogen) atoms. The van der Waals surface area contributed by atoms with Crippen LogP contribution in [-0.4, -0.2) is 31.2 Å². The predicted molar refractivity (Wildman–Crippen MR) is 77.7 cm³/mol. The lowest BCUT2D eigenvalue weighted by Crippen LogP contribution is -2.34. The van der Waals surface area contributed by atoms with Gasteiger partial charge in [-0.05, 0) is 38.1 Å². The standard InChI is InChI=1S/C13H24N4O2S/c1-3-6-14-8-11-9-15-16-13(11)20(18,19)17-12-5-4-10(2)7-12/h9-10,12,14,17H,3-8H2,1-2H3,(H,15,16). The largest absolute Gasteiger partial charge is 0.313 e. The second kappa shape index (κ2) is 6.69. The summed E-state index contributed by atoms with van der Waals surface area (Å²) in [4.78, 5) is 0. The zero-order valence-corrected chi connectivity index (χ0v) is 13.0. The van der Waals surface area contributed by atoms with Crippen LogP contribution in [0.1, 0.15) is 45.1 Å². The lowest BCUT2D eigenvalue weighted by atomic mass is 10.1. The number of hydrogen-bond donors (Lipinski definition) is 3. The van der Waals surface area contributed by atoms with Crippen molar-refractivity contribution in [3.63, 3.8) is 0 Å². The van der Waals surface area contributed by atoms with E-state index in [1.165, 1.54) is 0 Å². The van der Waals surface area contributed by atoms with Crippen LogP contribution in [0.15, 0.2) is 11.2 Å². The van der Waals surface area contributed by atoms with Crippen LogP contribution in [0.2, 0.25) is 0 Å². The van der Waals surface area contributed by atoms with Crippen molar-refractivity contribution < 1.29 is 8.42 Å². The van der Waals surface area contributed by atoms with E-state index in [1.807, 2.05) is 0 Å². The third-order valence-corrected chi connectivity index (χ3v) is 5.24. The third kappa shape index (κ3) is 3.80. The summed E-state index contributed by atoms with van der Waals surface area (Å²) in [6.45, 7) is 5.60. The molecule has 1 aliphatic rings. The zero-order chi connectivity index (χ0) is 14.6. The Balaban J connectivity index is 2.03. The molecule has 1 aliphatic carbocycles. The van der Waals surface area contributed by atoms with Crippen LogP contribution >= 0.6 is 0 Å². The Kier molecular flexibility index (Phi) is 5.17. The second-order valence-corrected chi connectivity index (χ2v) is 7.29. The molecule has 0 saturated heterocycles. The molecule has 7 heteroatoms. The highest BCUT2D eigenvalue weighted by Crippen LogP contribution is 2.26. The molecular formula is C13H24N4O2S. The molecule has 0 aliphatic heterocycles. The van der Waals surface area contributed by atoms with Gasteiger partial charge in [-0.15, -0.1) is 0 Å². The van der Waals surface area contributed by atoms with Crippen molar-refractivity contribution in [2.24, 2.45) is 5.92 Å². The maximum Gasteiger partial charge on any atom is 0.258 e. The van der Waals surface area contributed by atoms with Gasteiger partial charge in [-0.25, -0.2) is 13.1 Å². The molecule has 0 bridgehead atoms. The fourth-order valence-corrected chi connectivity index (χ4v) is 4.06. The molecule has 0 amide bonds. The van der Waals surface area contributed by atoms with Crippen LogP contribution in [0.3, 0.4) is 0 Å². The van der Waals surface area contributed by atoms with Gasteiger partial charge in [0.05, 0.1) is 6.20 Å². The first-order chi connectivity index (χ1) is 9.53. The van der Waals surface area contributed by atoms with E-state index < -0.39 is 10.0 Å². The third-order valence-electron chi connectivity index (χ3n) is 3.71. The van der Waals surface area contributed by atoms with Crippen LogP contribution in [0.4, 0.5) is 0 Å². The van der Waals surface area contributed by atoms with Crippen molar-refractivity contribution in [1.82, 2.24) is 20.2 Å². The van der Waals surface area contributed by atoms with E-state index in [9.17, 15) is 8.42 Å². The van der Waals surface area contributed by atoms with Crippen LogP contribution in [0, 0.1) is 5.92 Å². The van der Waals surface area contributed by atoms with Crippen molar-refractivity contribution in [1.29, 1.82) is 0 Å². The van der Waals surface area contributed by atoms with Crippen LogP contribution < -0.4 is 10.0 Å². The van der Waals surface area contributed by atoms with Crippen molar-refractivity contribution in [2.45, 2.75) is 57.1 Å². The number of H-pyrrole nitrogens is 1. The molecule has 3 N–H and O–H groups in total. The summed E-state index contributed by atoms with van der Waals surface area (Å²) in [5.41, 5.74) is 0.692. The van der Waals surface area contributed by atoms with Crippen molar-refractivity contribution in [2.75, 3.05) is 6.54 Å². The van der Waals surface area contributed by atoms with Gasteiger partial charge in [0, 0.05) is 18.2 Å². The van der Waals surface area contributed by atoms with Crippen LogP contribution in [0.5, 0.6) is 0 Å². The van der Waals surface area contributed by atoms with Gasteiger partial charge in [-0.3, -0.25) is 5.10 Å². The molecule has 2 rings (SSSR count). The second-order valence-electron chi connectivity index (χ2n) is 5.64. The number of hydrogen-bond acceptors (Lipinski definition) is 4. The number of nitrogens with one attached hydrogen (secondary N) is 3. The SMILES string of the molecule is CCCNCc1cn[nH]c1S(=O)(=O)NC1CCC(C)C1. The molecule has 2 atom stereocenters. The first-order valence-electron chi connectivity index (χ1n) is 7.28. The summed E-state index contributed by atoms with van der Waals surface area (Å²) in [7, 11) is -3.50. The van der Waals surface area contributed by atoms with Crippen LogP contribution in [0.25, 0.3) is 0 Å². The normalized spacial score (nSPS) is 23.3. The Morgan fingerprint density at radius 3 is 2.90 bits per heavy atom. The minimum Gasteiger partial charge on any atom is -0.313 e. The topological polar surface area (TPSA) is 86.9 Å². The van der Waals surface area contributed by atoms with Crippen molar-refractivity contribution >= 4 is 10.0 Å². The first kappa shape index (κ1) is 15.5. The summed E-state index contributed by atoms with van der Waals surface area (Å²) in [5.74, 6) is 0.593. The summed E-state index contributed by atoms with van der Waals surface area (Å²) in [6, 6.07) is 0.0507. The first-order valence-corrected chi connectivity index (χ1v) is 8.76. The summed E-state index contributed by atoms with van der Waals surface area (Å²) < 4.78 is 27.6.